The third-order valence-electron chi connectivity index (χ3n) is 5.88. The first-order valence-electron chi connectivity index (χ1n) is 7.77. The van der Waals surface area contributed by atoms with Crippen LogP contribution in [-0.4, -0.2) is 25.2 Å². The first-order chi connectivity index (χ1) is 10.0. The summed E-state index contributed by atoms with van der Waals surface area (Å²) >= 11 is 0. The Labute approximate surface area is 132 Å². The second kappa shape index (κ2) is 4.79. The molecule has 22 heavy (non-hydrogen) atoms. The molecule has 2 bridgehead atoms. The number of rotatable bonds is 3. The molecule has 1 aromatic carbocycles. The Kier molecular flexibility index (Phi) is 3.48. The molecule has 0 radical (unpaired) electrons. The van der Waals surface area contributed by atoms with E-state index < -0.39 is 21.8 Å². The van der Waals surface area contributed by atoms with E-state index in [4.69, 9.17) is 4.18 Å². The average Bonchev–Trinajstić information content (AvgIpc) is 2.40. The van der Waals surface area contributed by atoms with Gasteiger partial charge in [0.2, 0.25) is 0 Å². The van der Waals surface area contributed by atoms with Crippen molar-refractivity contribution < 1.29 is 17.7 Å². The van der Waals surface area contributed by atoms with Gasteiger partial charge in [-0.2, -0.15) is 8.42 Å². The molecule has 3 fully saturated rings. The molecule has 0 aliphatic heterocycles. The van der Waals surface area contributed by atoms with Crippen molar-refractivity contribution in [1.82, 2.24) is 0 Å². The minimum Gasteiger partial charge on any atom is -0.387 e. The van der Waals surface area contributed by atoms with Crippen LogP contribution < -0.4 is 0 Å². The zero-order valence-electron chi connectivity index (χ0n) is 13.5. The van der Waals surface area contributed by atoms with Crippen molar-refractivity contribution in [2.75, 3.05) is 0 Å². The molecular weight excluding hydrogens is 300 g/mol. The Hall–Kier alpha value is -0.910. The lowest BCUT2D eigenvalue weighted by Gasteiger charge is -2.64. The van der Waals surface area contributed by atoms with Crippen molar-refractivity contribution in [2.45, 2.75) is 57.1 Å². The highest BCUT2D eigenvalue weighted by molar-refractivity contribution is 7.86. The van der Waals surface area contributed by atoms with Gasteiger partial charge in [0.25, 0.3) is 10.1 Å². The zero-order chi connectivity index (χ0) is 16.3. The molecule has 0 saturated heterocycles. The lowest BCUT2D eigenvalue weighted by atomic mass is 9.43. The van der Waals surface area contributed by atoms with Crippen LogP contribution in [0.2, 0.25) is 0 Å². The molecule has 0 heterocycles. The second-order valence-corrected chi connectivity index (χ2v) is 9.19. The van der Waals surface area contributed by atoms with E-state index in [1.54, 1.807) is 31.2 Å². The van der Waals surface area contributed by atoms with Crippen LogP contribution in [-0.2, 0) is 14.3 Å². The maximum atomic E-state index is 12.4. The maximum Gasteiger partial charge on any atom is 0.297 e. The molecular formula is C17H24O4S. The van der Waals surface area contributed by atoms with Gasteiger partial charge in [0.15, 0.2) is 0 Å². The van der Waals surface area contributed by atoms with Gasteiger partial charge < -0.3 is 5.11 Å². The van der Waals surface area contributed by atoms with E-state index >= 15 is 0 Å². The highest BCUT2D eigenvalue weighted by Crippen LogP contribution is 2.63. The van der Waals surface area contributed by atoms with Crippen molar-refractivity contribution in [3.05, 3.63) is 29.8 Å². The fraction of sp³-hybridized carbons (Fsp3) is 0.647. The molecule has 3 unspecified atom stereocenters. The molecule has 122 valence electrons. The van der Waals surface area contributed by atoms with Crippen LogP contribution in [0.4, 0.5) is 0 Å². The second-order valence-electron chi connectivity index (χ2n) is 7.62. The molecule has 3 saturated carbocycles. The van der Waals surface area contributed by atoms with Gasteiger partial charge in [0.05, 0.1) is 10.5 Å². The number of hydrogen-bond donors (Lipinski definition) is 1. The quantitative estimate of drug-likeness (QED) is 0.868. The van der Waals surface area contributed by atoms with Crippen LogP contribution in [0.5, 0.6) is 0 Å². The van der Waals surface area contributed by atoms with E-state index in [-0.39, 0.29) is 16.2 Å². The van der Waals surface area contributed by atoms with Crippen molar-refractivity contribution in [1.29, 1.82) is 0 Å². The van der Waals surface area contributed by atoms with E-state index in [0.29, 0.717) is 12.3 Å². The van der Waals surface area contributed by atoms with Gasteiger partial charge in [-0.1, -0.05) is 31.5 Å². The molecule has 1 N–H and O–H groups in total. The summed E-state index contributed by atoms with van der Waals surface area (Å²) in [5.41, 5.74) is -0.0703. The molecule has 4 rings (SSSR count). The van der Waals surface area contributed by atoms with Crippen LogP contribution in [0.1, 0.15) is 39.2 Å². The van der Waals surface area contributed by atoms with Crippen LogP contribution >= 0.6 is 0 Å². The largest absolute Gasteiger partial charge is 0.387 e. The van der Waals surface area contributed by atoms with E-state index in [2.05, 4.69) is 13.8 Å². The summed E-state index contributed by atoms with van der Waals surface area (Å²) in [6.07, 6.45) is 0.863. The van der Waals surface area contributed by atoms with Crippen molar-refractivity contribution >= 4 is 10.1 Å². The smallest absolute Gasteiger partial charge is 0.297 e. The van der Waals surface area contributed by atoms with Gasteiger partial charge in [-0.3, -0.25) is 4.18 Å². The SMILES string of the molecule is Cc1ccc(S(=O)(=O)OC2CC3CC(C3(C)C)[C@]2(C)O)cc1. The van der Waals surface area contributed by atoms with E-state index in [0.717, 1.165) is 12.0 Å². The Morgan fingerprint density at radius 1 is 1.14 bits per heavy atom. The van der Waals surface area contributed by atoms with Crippen molar-refractivity contribution in [2.24, 2.45) is 17.3 Å². The molecule has 0 amide bonds. The van der Waals surface area contributed by atoms with Gasteiger partial charge in [0, 0.05) is 0 Å². The van der Waals surface area contributed by atoms with Gasteiger partial charge in [0.1, 0.15) is 6.10 Å². The Morgan fingerprint density at radius 2 is 1.73 bits per heavy atom. The Bertz CT molecular complexity index is 673. The Morgan fingerprint density at radius 3 is 2.23 bits per heavy atom. The van der Waals surface area contributed by atoms with Gasteiger partial charge in [-0.25, -0.2) is 0 Å². The lowest BCUT2D eigenvalue weighted by molar-refractivity contribution is -0.237. The molecule has 4 nitrogen and oxygen atoms in total. The maximum absolute atomic E-state index is 12.4. The van der Waals surface area contributed by atoms with E-state index in [9.17, 15) is 13.5 Å². The summed E-state index contributed by atoms with van der Waals surface area (Å²) in [5.74, 6) is 0.493. The third-order valence-corrected chi connectivity index (χ3v) is 7.21. The number of aliphatic hydroxyl groups is 1. The van der Waals surface area contributed by atoms with E-state index in [1.165, 1.54) is 0 Å². The minimum absolute atomic E-state index is 0.0526. The summed E-state index contributed by atoms with van der Waals surface area (Å²) in [4.78, 5) is 0.146. The number of fused-ring (bicyclic) bond motifs is 2. The number of hydrogen-bond acceptors (Lipinski definition) is 4. The molecule has 0 spiro atoms. The fourth-order valence-corrected chi connectivity index (χ4v) is 5.34. The summed E-state index contributed by atoms with van der Waals surface area (Å²) in [6.45, 7) is 7.90. The van der Waals surface area contributed by atoms with Crippen LogP contribution in [0.25, 0.3) is 0 Å². The summed E-state index contributed by atoms with van der Waals surface area (Å²) in [6, 6.07) is 6.59. The normalized spacial score (nSPS) is 36.7. The van der Waals surface area contributed by atoms with Crippen molar-refractivity contribution in [3.8, 4) is 0 Å². The summed E-state index contributed by atoms with van der Waals surface area (Å²) in [7, 11) is -3.85. The molecule has 4 atom stereocenters. The molecule has 5 heteroatoms. The summed E-state index contributed by atoms with van der Waals surface area (Å²) < 4.78 is 30.3. The van der Waals surface area contributed by atoms with Crippen LogP contribution in [0.3, 0.4) is 0 Å². The highest BCUT2D eigenvalue weighted by Gasteiger charge is 2.64. The third kappa shape index (κ3) is 2.30. The zero-order valence-corrected chi connectivity index (χ0v) is 14.4. The number of aryl methyl sites for hydroxylation is 1. The predicted octanol–water partition coefficient (Wildman–Crippen LogP) is 2.89. The van der Waals surface area contributed by atoms with Gasteiger partial charge in [-0.05, 0) is 56.1 Å². The topological polar surface area (TPSA) is 63.6 Å². The van der Waals surface area contributed by atoms with E-state index in [1.807, 2.05) is 6.92 Å². The first kappa shape index (κ1) is 16.0. The highest BCUT2D eigenvalue weighted by atomic mass is 32.2. The molecule has 0 aromatic heterocycles. The number of benzene rings is 1. The Balaban J connectivity index is 1.83. The molecule has 3 aliphatic rings. The van der Waals surface area contributed by atoms with Crippen molar-refractivity contribution in [3.63, 3.8) is 0 Å². The lowest BCUT2D eigenvalue weighted by Crippen LogP contribution is -2.67. The predicted molar refractivity (Wildman–Crippen MR) is 83.9 cm³/mol. The minimum atomic E-state index is -3.85. The average molecular weight is 324 g/mol. The van der Waals surface area contributed by atoms with Gasteiger partial charge in [-0.15, -0.1) is 0 Å². The fourth-order valence-electron chi connectivity index (χ4n) is 4.18. The molecule has 3 aliphatic carbocycles. The molecule has 1 aromatic rings. The monoisotopic (exact) mass is 324 g/mol. The van der Waals surface area contributed by atoms with Gasteiger partial charge >= 0.3 is 0 Å². The first-order valence-corrected chi connectivity index (χ1v) is 9.18. The standard InChI is InChI=1S/C17H24O4S/c1-11-5-7-13(8-6-11)22(19,20)21-15-10-12-9-14(16(12,2)3)17(15,4)18/h5-8,12,14-15,18H,9-10H2,1-4H3/t12?,14?,15?,17-/m0/s1. The van der Waals surface area contributed by atoms with Crippen LogP contribution in [0.15, 0.2) is 29.2 Å². The summed E-state index contributed by atoms with van der Waals surface area (Å²) in [5, 5.41) is 10.8. The van der Waals surface area contributed by atoms with Crippen LogP contribution in [0, 0.1) is 24.2 Å².